The molecule has 224 valence electrons. The Labute approximate surface area is 257 Å². The van der Waals surface area contributed by atoms with Crippen molar-refractivity contribution in [2.45, 2.75) is 52.2 Å². The van der Waals surface area contributed by atoms with E-state index in [0.717, 1.165) is 46.8 Å². The lowest BCUT2D eigenvalue weighted by molar-refractivity contribution is -0.141. The van der Waals surface area contributed by atoms with Gasteiger partial charge in [-0.1, -0.05) is 61.0 Å². The number of carbonyl (C=O) groups excluding carboxylic acids is 3. The number of aromatic nitrogens is 1. The standard InChI is InChI=1S/C34H37ClN4O4/c1-3-31-30(29-17-27(35)13-15-32(29)39(31)22-33(41)43-2)21-38-34(42)26(18-36)20-37-19-25-10-8-24(9-11-25)16-23-6-4-5-7-28(40)14-12-23/h4-11,13,15,17-18,20,23,26,36H,3,12,14,16,19,21-22H2,1-2H3,(H,38,42). The summed E-state index contributed by atoms with van der Waals surface area (Å²) >= 11 is 6.29. The third kappa shape index (κ3) is 8.38. The zero-order valence-electron chi connectivity index (χ0n) is 24.5. The van der Waals surface area contributed by atoms with Gasteiger partial charge < -0.3 is 20.0 Å². The van der Waals surface area contributed by atoms with E-state index in [2.05, 4.69) is 28.5 Å². The summed E-state index contributed by atoms with van der Waals surface area (Å²) < 4.78 is 6.78. The van der Waals surface area contributed by atoms with Gasteiger partial charge in [0.25, 0.3) is 0 Å². The number of hydrogen-bond donors (Lipinski definition) is 2. The lowest BCUT2D eigenvalue weighted by atomic mass is 9.92. The fourth-order valence-electron chi connectivity index (χ4n) is 5.32. The molecule has 0 fully saturated rings. The quantitative estimate of drug-likeness (QED) is 0.201. The smallest absolute Gasteiger partial charge is 0.325 e. The molecule has 0 bridgehead atoms. The largest absolute Gasteiger partial charge is 0.468 e. The number of amides is 1. The summed E-state index contributed by atoms with van der Waals surface area (Å²) in [6, 6.07) is 13.6. The SMILES string of the molecule is CCc1c(CNC(=O)C(C=N)C=NCc2ccc(CC3C=CC=CC(=O)CC3)cc2)c2cc(Cl)ccc2n1CC(=O)OC. The molecule has 4 rings (SSSR count). The van der Waals surface area contributed by atoms with E-state index in [0.29, 0.717) is 30.3 Å². The molecule has 9 heteroatoms. The molecule has 1 aromatic heterocycles. The number of aliphatic imine (C=N–C) groups is 1. The van der Waals surface area contributed by atoms with Crippen LogP contribution in [0, 0.1) is 17.2 Å². The van der Waals surface area contributed by atoms with Gasteiger partial charge in [-0.15, -0.1) is 0 Å². The number of methoxy groups -OCH3 is 1. The number of nitrogens with one attached hydrogen (secondary N) is 2. The van der Waals surface area contributed by atoms with Crippen LogP contribution in [-0.4, -0.2) is 41.8 Å². The third-order valence-electron chi connectivity index (χ3n) is 7.62. The topological polar surface area (TPSA) is 114 Å². The van der Waals surface area contributed by atoms with Crippen LogP contribution in [0.4, 0.5) is 0 Å². The molecule has 0 radical (unpaired) electrons. The number of carbonyl (C=O) groups is 3. The molecular weight excluding hydrogens is 564 g/mol. The maximum atomic E-state index is 13.0. The summed E-state index contributed by atoms with van der Waals surface area (Å²) in [4.78, 5) is 41.3. The molecule has 3 aromatic rings. The Hall–Kier alpha value is -4.30. The molecule has 1 aliphatic carbocycles. The van der Waals surface area contributed by atoms with Gasteiger partial charge in [0.2, 0.25) is 5.91 Å². The molecule has 0 aliphatic heterocycles. The summed E-state index contributed by atoms with van der Waals surface area (Å²) in [5.74, 6) is -1.04. The summed E-state index contributed by atoms with van der Waals surface area (Å²) in [6.07, 6.45) is 13.0. The van der Waals surface area contributed by atoms with Gasteiger partial charge >= 0.3 is 5.97 Å². The van der Waals surface area contributed by atoms with Crippen LogP contribution in [0.15, 0.2) is 71.8 Å². The van der Waals surface area contributed by atoms with Crippen LogP contribution < -0.4 is 5.32 Å². The zero-order chi connectivity index (χ0) is 30.8. The van der Waals surface area contributed by atoms with Gasteiger partial charge in [-0.05, 0) is 60.6 Å². The number of esters is 1. The predicted octanol–water partition coefficient (Wildman–Crippen LogP) is 5.82. The number of allylic oxidation sites excluding steroid dienone is 4. The van der Waals surface area contributed by atoms with Crippen LogP contribution in [0.3, 0.4) is 0 Å². The first-order chi connectivity index (χ1) is 20.8. The van der Waals surface area contributed by atoms with Gasteiger partial charge in [0.05, 0.1) is 13.7 Å². The van der Waals surface area contributed by atoms with Gasteiger partial charge in [-0.2, -0.15) is 0 Å². The highest BCUT2D eigenvalue weighted by Gasteiger charge is 2.20. The van der Waals surface area contributed by atoms with Gasteiger partial charge in [0, 0.05) is 52.6 Å². The van der Waals surface area contributed by atoms with Crippen molar-refractivity contribution in [1.82, 2.24) is 9.88 Å². The summed E-state index contributed by atoms with van der Waals surface area (Å²) in [5, 5.41) is 12.2. The molecule has 2 aromatic carbocycles. The van der Waals surface area contributed by atoms with Gasteiger partial charge in [-0.25, -0.2) is 0 Å². The zero-order valence-corrected chi connectivity index (χ0v) is 25.3. The molecule has 0 saturated heterocycles. The number of nitrogens with zero attached hydrogens (tertiary/aromatic N) is 2. The minimum atomic E-state index is -0.820. The highest BCUT2D eigenvalue weighted by molar-refractivity contribution is 6.31. The Morgan fingerprint density at radius 1 is 1.19 bits per heavy atom. The Kier molecular flexibility index (Phi) is 11.2. The monoisotopic (exact) mass is 600 g/mol. The van der Waals surface area contributed by atoms with Crippen molar-refractivity contribution in [1.29, 1.82) is 5.41 Å². The molecule has 1 heterocycles. The normalized spacial score (nSPS) is 15.8. The minimum absolute atomic E-state index is 0.0543. The number of rotatable bonds is 12. The van der Waals surface area contributed by atoms with Gasteiger partial charge in [0.15, 0.2) is 5.78 Å². The average Bonchev–Trinajstić information content (AvgIpc) is 3.29. The van der Waals surface area contributed by atoms with Gasteiger partial charge in [-0.3, -0.25) is 19.4 Å². The fourth-order valence-corrected chi connectivity index (χ4v) is 5.49. The van der Waals surface area contributed by atoms with E-state index >= 15 is 0 Å². The van der Waals surface area contributed by atoms with Crippen LogP contribution in [0.25, 0.3) is 10.9 Å². The molecule has 2 unspecified atom stereocenters. The summed E-state index contributed by atoms with van der Waals surface area (Å²) in [6.45, 7) is 2.65. The highest BCUT2D eigenvalue weighted by atomic mass is 35.5. The van der Waals surface area contributed by atoms with E-state index in [4.69, 9.17) is 21.7 Å². The Bertz CT molecular complexity index is 1570. The van der Waals surface area contributed by atoms with E-state index in [9.17, 15) is 14.4 Å². The van der Waals surface area contributed by atoms with Crippen molar-refractivity contribution < 1.29 is 19.1 Å². The first-order valence-corrected chi connectivity index (χ1v) is 14.8. The van der Waals surface area contributed by atoms with E-state index in [1.165, 1.54) is 18.9 Å². The second-order valence-electron chi connectivity index (χ2n) is 10.5. The van der Waals surface area contributed by atoms with Gasteiger partial charge in [0.1, 0.15) is 12.5 Å². The Balaban J connectivity index is 1.38. The first-order valence-electron chi connectivity index (χ1n) is 14.4. The molecule has 1 amide bonds. The van der Waals surface area contributed by atoms with Crippen molar-refractivity contribution in [3.63, 3.8) is 0 Å². The lowest BCUT2D eigenvalue weighted by Crippen LogP contribution is -2.32. The molecule has 0 spiro atoms. The second-order valence-corrected chi connectivity index (χ2v) is 11.0. The number of fused-ring (bicyclic) bond motifs is 1. The van der Waals surface area contributed by atoms with Crippen LogP contribution in [0.5, 0.6) is 0 Å². The minimum Gasteiger partial charge on any atom is -0.468 e. The highest BCUT2D eigenvalue weighted by Crippen LogP contribution is 2.30. The molecule has 0 saturated carbocycles. The molecule has 43 heavy (non-hydrogen) atoms. The lowest BCUT2D eigenvalue weighted by Gasteiger charge is -2.13. The molecule has 1 aliphatic rings. The predicted molar refractivity (Wildman–Crippen MR) is 171 cm³/mol. The summed E-state index contributed by atoms with van der Waals surface area (Å²) in [5.41, 5.74) is 4.80. The number of benzene rings is 2. The third-order valence-corrected chi connectivity index (χ3v) is 7.85. The summed E-state index contributed by atoms with van der Waals surface area (Å²) in [7, 11) is 1.35. The number of halogens is 1. The Morgan fingerprint density at radius 3 is 2.67 bits per heavy atom. The van der Waals surface area contributed by atoms with Crippen molar-refractivity contribution in [3.8, 4) is 0 Å². The molecule has 8 nitrogen and oxygen atoms in total. The maximum Gasteiger partial charge on any atom is 0.325 e. The van der Waals surface area contributed by atoms with Crippen molar-refractivity contribution >= 4 is 52.6 Å². The number of ketones is 1. The van der Waals surface area contributed by atoms with Crippen LogP contribution in [-0.2, 0) is 51.6 Å². The Morgan fingerprint density at radius 2 is 1.95 bits per heavy atom. The van der Waals surface area contributed by atoms with E-state index < -0.39 is 5.92 Å². The first kappa shape index (κ1) is 31.6. The maximum absolute atomic E-state index is 13.0. The van der Waals surface area contributed by atoms with Crippen molar-refractivity contribution in [3.05, 3.63) is 94.2 Å². The molecule has 2 atom stereocenters. The number of hydrogen-bond acceptors (Lipinski definition) is 6. The fraction of sp³-hybridized carbons (Fsp3) is 0.324. The van der Waals surface area contributed by atoms with Crippen LogP contribution in [0.2, 0.25) is 5.02 Å². The second kappa shape index (κ2) is 15.3. The van der Waals surface area contributed by atoms with Crippen LogP contribution >= 0.6 is 11.6 Å². The van der Waals surface area contributed by atoms with E-state index in [1.54, 1.807) is 12.1 Å². The van der Waals surface area contributed by atoms with Crippen molar-refractivity contribution in [2.24, 2.45) is 16.8 Å². The number of ether oxygens (including phenoxy) is 1. The molecular formula is C34H37ClN4O4. The average molecular weight is 601 g/mol. The molecule has 2 N–H and O–H groups in total. The van der Waals surface area contributed by atoms with Crippen LogP contribution in [0.1, 0.15) is 42.1 Å². The van der Waals surface area contributed by atoms with Crippen molar-refractivity contribution in [2.75, 3.05) is 7.11 Å². The van der Waals surface area contributed by atoms with E-state index in [1.807, 2.05) is 47.9 Å². The van der Waals surface area contributed by atoms with E-state index in [-0.39, 0.29) is 30.7 Å².